The number of benzene rings is 1. The molecule has 1 atom stereocenters. The molecule has 0 spiro atoms. The number of carbonyl (C=O) groups is 1. The molecule has 1 aromatic rings. The molecule has 1 aromatic carbocycles. The summed E-state index contributed by atoms with van der Waals surface area (Å²) >= 11 is 0. The van der Waals surface area contributed by atoms with E-state index in [1.807, 2.05) is 0 Å². The van der Waals surface area contributed by atoms with Crippen LogP contribution in [-0.2, 0) is 25.8 Å². The van der Waals surface area contributed by atoms with Crippen LogP contribution in [-0.4, -0.2) is 45.7 Å². The first-order valence-electron chi connectivity index (χ1n) is 5.35. The maximum atomic E-state index is 11.5. The third kappa shape index (κ3) is 4.39. The number of hydrogen-bond donors (Lipinski definition) is 3. The van der Waals surface area contributed by atoms with Gasteiger partial charge in [-0.05, 0) is 5.56 Å². The summed E-state index contributed by atoms with van der Waals surface area (Å²) in [6.45, 7) is 0. The molecule has 0 aromatic heterocycles. The highest BCUT2D eigenvalue weighted by atomic mass is 32.2. The Morgan fingerprint density at radius 2 is 1.80 bits per heavy atom. The first kappa shape index (κ1) is 16.8. The van der Waals surface area contributed by atoms with Crippen LogP contribution in [0.3, 0.4) is 0 Å². The summed E-state index contributed by atoms with van der Waals surface area (Å²) in [6.07, 6.45) is 0.196. The third-order valence-electron chi connectivity index (χ3n) is 2.42. The monoisotopic (exact) mass is 323 g/mol. The van der Waals surface area contributed by atoms with E-state index < -0.39 is 29.8 Å². The summed E-state index contributed by atoms with van der Waals surface area (Å²) in [5.74, 6) is -1.64. The van der Waals surface area contributed by atoms with E-state index in [4.69, 9.17) is 14.9 Å². The quantitative estimate of drug-likeness (QED) is 0.629. The van der Waals surface area contributed by atoms with Gasteiger partial charge in [-0.25, -0.2) is 13.0 Å². The second-order valence-corrected chi connectivity index (χ2v) is 7.68. The van der Waals surface area contributed by atoms with Crippen molar-refractivity contribution < 1.29 is 32.7 Å². The molecule has 0 saturated carbocycles. The number of rotatable bonds is 6. The number of nitrogens with zero attached hydrogens (tertiary/aromatic N) is 1. The van der Waals surface area contributed by atoms with Crippen molar-refractivity contribution >= 4 is 23.7 Å². The Bertz CT molecular complexity index is 624. The largest absolute Gasteiger partial charge is 0.480 e. The topological polar surface area (TPSA) is 132 Å². The first-order valence-corrected chi connectivity index (χ1v) is 8.77. The van der Waals surface area contributed by atoms with Gasteiger partial charge in [-0.1, -0.05) is 34.4 Å². The number of aliphatic carboxylic acids is 1. The predicted octanol–water partition coefficient (Wildman–Crippen LogP) is 0.0366. The fourth-order valence-electron chi connectivity index (χ4n) is 1.70. The number of sulfonamides is 1. The van der Waals surface area contributed by atoms with Crippen LogP contribution in [0.5, 0.6) is 0 Å². The van der Waals surface area contributed by atoms with Crippen molar-refractivity contribution in [1.29, 1.82) is 0 Å². The van der Waals surface area contributed by atoms with Gasteiger partial charge in [-0.3, -0.25) is 4.79 Å². The third-order valence-corrected chi connectivity index (χ3v) is 5.67. The molecular weight excluding hydrogens is 309 g/mol. The fourth-order valence-corrected chi connectivity index (χ4v) is 4.42. The van der Waals surface area contributed by atoms with Gasteiger partial charge in [0.25, 0.3) is 0 Å². The summed E-state index contributed by atoms with van der Waals surface area (Å²) in [6, 6.07) is 6.09. The lowest BCUT2D eigenvalue weighted by Gasteiger charge is -2.26. The second-order valence-electron chi connectivity index (χ2n) is 4.09. The molecule has 0 fully saturated rings. The van der Waals surface area contributed by atoms with E-state index in [0.717, 1.165) is 0 Å². The van der Waals surface area contributed by atoms with Crippen LogP contribution >= 0.6 is 7.75 Å². The lowest BCUT2D eigenvalue weighted by atomic mass is 10.1. The average molecular weight is 323 g/mol. The van der Waals surface area contributed by atoms with Gasteiger partial charge in [-0.2, -0.15) is 0 Å². The highest BCUT2D eigenvalue weighted by Gasteiger charge is 2.44. The van der Waals surface area contributed by atoms with Crippen molar-refractivity contribution in [3.63, 3.8) is 0 Å². The van der Waals surface area contributed by atoms with Crippen LogP contribution < -0.4 is 0 Å². The summed E-state index contributed by atoms with van der Waals surface area (Å²) in [4.78, 5) is 29.4. The van der Waals surface area contributed by atoms with E-state index >= 15 is 0 Å². The molecule has 0 saturated heterocycles. The molecule has 0 aliphatic carbocycles. The predicted molar refractivity (Wildman–Crippen MR) is 70.3 cm³/mol. The Labute approximate surface area is 115 Å². The molecule has 1 rings (SSSR count). The van der Waals surface area contributed by atoms with E-state index in [1.165, 1.54) is 12.1 Å². The van der Waals surface area contributed by atoms with Crippen molar-refractivity contribution in [2.24, 2.45) is 0 Å². The Balaban J connectivity index is 3.24. The van der Waals surface area contributed by atoms with E-state index in [-0.39, 0.29) is 10.5 Å². The van der Waals surface area contributed by atoms with E-state index in [1.54, 1.807) is 18.2 Å². The molecule has 0 heterocycles. The summed E-state index contributed by atoms with van der Waals surface area (Å²) in [5, 5.41) is 9.08. The molecule has 0 aliphatic rings. The fraction of sp³-hybridized carbons (Fsp3) is 0.300. The number of hydrogen-bond acceptors (Lipinski definition) is 4. The number of carboxylic acids is 1. The number of carboxylic acid groups (broad SMARTS) is 1. The Morgan fingerprint density at radius 1 is 1.30 bits per heavy atom. The lowest BCUT2D eigenvalue weighted by molar-refractivity contribution is -0.140. The standard InChI is InChI=1S/C10H14NO7PS/c1-20(17,18)11(19(14,15)16)9(10(12)13)7-8-5-3-2-4-6-8/h2-6,9H,7H2,1H3,(H,12,13)(H2,14,15,16). The van der Waals surface area contributed by atoms with Crippen LogP contribution in [0.25, 0.3) is 0 Å². The minimum atomic E-state index is -5.28. The minimum absolute atomic E-state index is 0.269. The van der Waals surface area contributed by atoms with Crippen molar-refractivity contribution in [2.75, 3.05) is 6.26 Å². The van der Waals surface area contributed by atoms with Crippen LogP contribution in [0.15, 0.2) is 30.3 Å². The minimum Gasteiger partial charge on any atom is -0.480 e. The highest BCUT2D eigenvalue weighted by Crippen LogP contribution is 2.44. The Hall–Kier alpha value is -1.25. The van der Waals surface area contributed by atoms with Gasteiger partial charge in [0.1, 0.15) is 6.04 Å². The maximum absolute atomic E-state index is 11.5. The average Bonchev–Trinajstić information content (AvgIpc) is 2.25. The molecular formula is C10H14NO7PS. The Kier molecular flexibility index (Phi) is 5.06. The molecule has 112 valence electrons. The normalized spacial score (nSPS) is 14.2. The van der Waals surface area contributed by atoms with Gasteiger partial charge in [0.15, 0.2) is 0 Å². The van der Waals surface area contributed by atoms with E-state index in [9.17, 15) is 17.8 Å². The van der Waals surface area contributed by atoms with Gasteiger partial charge < -0.3 is 14.9 Å². The van der Waals surface area contributed by atoms with Crippen molar-refractivity contribution in [3.8, 4) is 0 Å². The zero-order chi connectivity index (χ0) is 15.6. The van der Waals surface area contributed by atoms with E-state index in [0.29, 0.717) is 11.8 Å². The SMILES string of the molecule is CS(=O)(=O)N(C(Cc1ccccc1)C(=O)O)P(=O)(O)O. The molecule has 10 heteroatoms. The van der Waals surface area contributed by atoms with Crippen LogP contribution in [0, 0.1) is 0 Å². The van der Waals surface area contributed by atoms with Gasteiger partial charge in [0, 0.05) is 6.42 Å². The van der Waals surface area contributed by atoms with Gasteiger partial charge in [0.2, 0.25) is 10.0 Å². The summed E-state index contributed by atoms with van der Waals surface area (Å²) < 4.78 is 34.0. The zero-order valence-electron chi connectivity index (χ0n) is 10.4. The Morgan fingerprint density at radius 3 is 2.15 bits per heavy atom. The molecule has 20 heavy (non-hydrogen) atoms. The van der Waals surface area contributed by atoms with Crippen LogP contribution in [0.2, 0.25) is 0 Å². The van der Waals surface area contributed by atoms with Gasteiger partial charge in [0.05, 0.1) is 6.26 Å². The molecule has 3 N–H and O–H groups in total. The molecule has 0 bridgehead atoms. The smallest absolute Gasteiger partial charge is 0.417 e. The zero-order valence-corrected chi connectivity index (χ0v) is 12.2. The summed E-state index contributed by atoms with van der Waals surface area (Å²) in [7, 11) is -9.68. The second kappa shape index (κ2) is 6.02. The summed E-state index contributed by atoms with van der Waals surface area (Å²) in [5.41, 5.74) is 0.446. The molecule has 8 nitrogen and oxygen atoms in total. The van der Waals surface area contributed by atoms with Gasteiger partial charge in [-0.15, -0.1) is 0 Å². The van der Waals surface area contributed by atoms with Crippen molar-refractivity contribution in [3.05, 3.63) is 35.9 Å². The van der Waals surface area contributed by atoms with Crippen LogP contribution in [0.1, 0.15) is 5.56 Å². The molecule has 0 radical (unpaired) electrons. The lowest BCUT2D eigenvalue weighted by Crippen LogP contribution is -2.43. The van der Waals surface area contributed by atoms with Gasteiger partial charge >= 0.3 is 13.7 Å². The molecule has 0 aliphatic heterocycles. The highest BCUT2D eigenvalue weighted by molar-refractivity contribution is 7.93. The van der Waals surface area contributed by atoms with Crippen LogP contribution in [0.4, 0.5) is 0 Å². The maximum Gasteiger partial charge on any atom is 0.417 e. The van der Waals surface area contributed by atoms with E-state index in [2.05, 4.69) is 0 Å². The van der Waals surface area contributed by atoms with Crippen molar-refractivity contribution in [1.82, 2.24) is 4.08 Å². The molecule has 1 unspecified atom stereocenters. The molecule has 0 amide bonds. The first-order chi connectivity index (χ1) is 9.03. The van der Waals surface area contributed by atoms with Crippen molar-refractivity contribution in [2.45, 2.75) is 12.5 Å².